The highest BCUT2D eigenvalue weighted by molar-refractivity contribution is 5.28. The Bertz CT molecular complexity index is 361. The van der Waals surface area contributed by atoms with Crippen molar-refractivity contribution in [3.8, 4) is 0 Å². The summed E-state index contributed by atoms with van der Waals surface area (Å²) in [5, 5.41) is 10.4. The highest BCUT2D eigenvalue weighted by Crippen LogP contribution is 2.36. The normalized spacial score (nSPS) is 18.9. The summed E-state index contributed by atoms with van der Waals surface area (Å²) in [5.74, 6) is 0.754. The highest BCUT2D eigenvalue weighted by atomic mass is 16.5. The predicted molar refractivity (Wildman–Crippen MR) is 78.3 cm³/mol. The topological polar surface area (TPSA) is 29.5 Å². The van der Waals surface area contributed by atoms with E-state index < -0.39 is 6.10 Å². The Morgan fingerprint density at radius 3 is 2.37 bits per heavy atom. The predicted octanol–water partition coefficient (Wildman–Crippen LogP) is 4.19. The van der Waals surface area contributed by atoms with Crippen LogP contribution in [-0.2, 0) is 4.74 Å². The van der Waals surface area contributed by atoms with Crippen molar-refractivity contribution in [3.05, 3.63) is 35.4 Å². The molecule has 1 fully saturated rings. The zero-order valence-electron chi connectivity index (χ0n) is 12.1. The lowest BCUT2D eigenvalue weighted by atomic mass is 9.80. The minimum atomic E-state index is -0.504. The van der Waals surface area contributed by atoms with Crippen molar-refractivity contribution in [1.82, 2.24) is 0 Å². The van der Waals surface area contributed by atoms with Crippen molar-refractivity contribution < 1.29 is 9.84 Å². The van der Waals surface area contributed by atoms with Crippen molar-refractivity contribution in [2.45, 2.75) is 64.1 Å². The molecule has 0 aromatic heterocycles. The van der Waals surface area contributed by atoms with Crippen LogP contribution >= 0.6 is 0 Å². The first-order chi connectivity index (χ1) is 9.26. The van der Waals surface area contributed by atoms with E-state index in [1.54, 1.807) is 0 Å². The van der Waals surface area contributed by atoms with Crippen LogP contribution in [0.25, 0.3) is 0 Å². The van der Waals surface area contributed by atoms with Gasteiger partial charge in [-0.15, -0.1) is 0 Å². The zero-order chi connectivity index (χ0) is 13.7. The van der Waals surface area contributed by atoms with E-state index in [4.69, 9.17) is 4.74 Å². The zero-order valence-corrected chi connectivity index (χ0v) is 12.1. The fourth-order valence-corrected chi connectivity index (χ4v) is 2.75. The van der Waals surface area contributed by atoms with Gasteiger partial charge in [-0.1, -0.05) is 44.0 Å². The van der Waals surface area contributed by atoms with Crippen LogP contribution in [0.1, 0.15) is 69.1 Å². The Kier molecular flexibility index (Phi) is 5.41. The molecule has 0 radical (unpaired) electrons. The molecule has 0 amide bonds. The van der Waals surface area contributed by atoms with Crippen LogP contribution in [0.4, 0.5) is 0 Å². The second kappa shape index (κ2) is 7.06. The Morgan fingerprint density at radius 1 is 1.21 bits per heavy atom. The maximum Gasteiger partial charge on any atom is 0.105 e. The summed E-state index contributed by atoms with van der Waals surface area (Å²) in [6.45, 7) is 4.76. The minimum Gasteiger partial charge on any atom is -0.386 e. The molecule has 1 saturated carbocycles. The molecule has 2 atom stereocenters. The first-order valence-corrected chi connectivity index (χ1v) is 7.65. The maximum absolute atomic E-state index is 10.4. The summed E-state index contributed by atoms with van der Waals surface area (Å²) in [7, 11) is 0. The minimum absolute atomic E-state index is 0.0791. The summed E-state index contributed by atoms with van der Waals surface area (Å²) >= 11 is 0. The van der Waals surface area contributed by atoms with Gasteiger partial charge in [-0.2, -0.15) is 0 Å². The van der Waals surface area contributed by atoms with Crippen LogP contribution in [-0.4, -0.2) is 17.8 Å². The van der Waals surface area contributed by atoms with Crippen LogP contribution in [0, 0.1) is 0 Å². The summed E-state index contributed by atoms with van der Waals surface area (Å²) in [6.07, 6.45) is 5.34. The van der Waals surface area contributed by atoms with Gasteiger partial charge < -0.3 is 9.84 Å². The van der Waals surface area contributed by atoms with E-state index in [-0.39, 0.29) is 6.10 Å². The van der Waals surface area contributed by atoms with Crippen molar-refractivity contribution in [1.29, 1.82) is 0 Å². The molecular weight excluding hydrogens is 236 g/mol. The lowest BCUT2D eigenvalue weighted by molar-refractivity contribution is -0.0384. The molecule has 1 N–H and O–H groups in total. The highest BCUT2D eigenvalue weighted by Gasteiger charge is 2.22. The lowest BCUT2D eigenvalue weighted by Crippen LogP contribution is -2.22. The van der Waals surface area contributed by atoms with Gasteiger partial charge in [0.2, 0.25) is 0 Å². The van der Waals surface area contributed by atoms with Gasteiger partial charge in [0.15, 0.2) is 0 Å². The van der Waals surface area contributed by atoms with Crippen molar-refractivity contribution in [2.75, 3.05) is 6.61 Å². The van der Waals surface area contributed by atoms with E-state index in [1.807, 2.05) is 6.92 Å². The molecule has 0 heterocycles. The van der Waals surface area contributed by atoms with Crippen molar-refractivity contribution in [3.63, 3.8) is 0 Å². The average Bonchev–Trinajstić information content (AvgIpc) is 2.37. The van der Waals surface area contributed by atoms with Crippen molar-refractivity contribution >= 4 is 0 Å². The Hall–Kier alpha value is -0.860. The van der Waals surface area contributed by atoms with Gasteiger partial charge in [-0.3, -0.25) is 0 Å². The van der Waals surface area contributed by atoms with Crippen LogP contribution in [0.3, 0.4) is 0 Å². The van der Waals surface area contributed by atoms with E-state index in [0.717, 1.165) is 24.3 Å². The van der Waals surface area contributed by atoms with Gasteiger partial charge in [0, 0.05) is 6.61 Å². The van der Waals surface area contributed by atoms with E-state index >= 15 is 0 Å². The average molecular weight is 262 g/mol. The number of hydrogen-bond acceptors (Lipinski definition) is 2. The van der Waals surface area contributed by atoms with Gasteiger partial charge in [0.1, 0.15) is 6.10 Å². The molecule has 0 bridgehead atoms. The molecule has 19 heavy (non-hydrogen) atoms. The molecule has 1 aromatic rings. The Morgan fingerprint density at radius 2 is 1.89 bits per heavy atom. The fraction of sp³-hybridized carbons (Fsp3) is 0.647. The lowest BCUT2D eigenvalue weighted by Gasteiger charge is -2.27. The molecule has 106 valence electrons. The van der Waals surface area contributed by atoms with Crippen LogP contribution < -0.4 is 0 Å². The number of rotatable bonds is 7. The third kappa shape index (κ3) is 3.58. The fourth-order valence-electron chi connectivity index (χ4n) is 2.75. The smallest absolute Gasteiger partial charge is 0.105 e. The molecule has 1 aliphatic rings. The number of aliphatic hydroxyl groups is 1. The molecule has 2 rings (SSSR count). The van der Waals surface area contributed by atoms with Crippen molar-refractivity contribution in [2.24, 2.45) is 0 Å². The maximum atomic E-state index is 10.4. The summed E-state index contributed by atoms with van der Waals surface area (Å²) in [5.41, 5.74) is 2.40. The largest absolute Gasteiger partial charge is 0.386 e. The summed E-state index contributed by atoms with van der Waals surface area (Å²) < 4.78 is 5.66. The van der Waals surface area contributed by atoms with E-state index in [2.05, 4.69) is 31.2 Å². The van der Waals surface area contributed by atoms with Gasteiger partial charge in [0.25, 0.3) is 0 Å². The molecule has 1 aromatic carbocycles. The molecule has 2 unspecified atom stereocenters. The quantitative estimate of drug-likeness (QED) is 0.798. The third-order valence-electron chi connectivity index (χ3n) is 4.16. The summed E-state index contributed by atoms with van der Waals surface area (Å²) in [6, 6.07) is 8.49. The Balaban J connectivity index is 2.02. The van der Waals surface area contributed by atoms with E-state index in [0.29, 0.717) is 6.61 Å². The second-order valence-corrected chi connectivity index (χ2v) is 5.52. The number of benzene rings is 1. The number of aliphatic hydroxyl groups excluding tert-OH is 1. The van der Waals surface area contributed by atoms with Gasteiger partial charge in [0.05, 0.1) is 6.10 Å². The number of ether oxygens (including phenoxy) is 1. The van der Waals surface area contributed by atoms with Gasteiger partial charge in [-0.25, -0.2) is 0 Å². The SMILES string of the molecule is CCCC(OCC)C(O)c1ccc(C2CCC2)cc1. The van der Waals surface area contributed by atoms with Gasteiger partial charge >= 0.3 is 0 Å². The number of hydrogen-bond donors (Lipinski definition) is 1. The standard InChI is InChI=1S/C17H26O2/c1-3-6-16(19-4-2)17(18)15-11-9-14(10-12-15)13-7-5-8-13/h9-13,16-18H,3-8H2,1-2H3. The Labute approximate surface area is 116 Å². The first-order valence-electron chi connectivity index (χ1n) is 7.65. The monoisotopic (exact) mass is 262 g/mol. The molecule has 0 aliphatic heterocycles. The third-order valence-corrected chi connectivity index (χ3v) is 4.16. The molecule has 1 aliphatic carbocycles. The molecule has 2 heteroatoms. The van der Waals surface area contributed by atoms with Crippen LogP contribution in [0.5, 0.6) is 0 Å². The second-order valence-electron chi connectivity index (χ2n) is 5.52. The van der Waals surface area contributed by atoms with E-state index in [9.17, 15) is 5.11 Å². The molecular formula is C17H26O2. The summed E-state index contributed by atoms with van der Waals surface area (Å²) in [4.78, 5) is 0. The first kappa shape index (κ1) is 14.5. The molecule has 0 spiro atoms. The van der Waals surface area contributed by atoms with Crippen LogP contribution in [0.2, 0.25) is 0 Å². The van der Waals surface area contributed by atoms with Crippen LogP contribution in [0.15, 0.2) is 24.3 Å². The van der Waals surface area contributed by atoms with E-state index in [1.165, 1.54) is 24.8 Å². The molecule has 2 nitrogen and oxygen atoms in total. The molecule has 0 saturated heterocycles. The van der Waals surface area contributed by atoms with Gasteiger partial charge in [-0.05, 0) is 43.2 Å².